The Labute approximate surface area is 119 Å². The van der Waals surface area contributed by atoms with E-state index in [4.69, 9.17) is 10.6 Å². The summed E-state index contributed by atoms with van der Waals surface area (Å²) >= 11 is 0. The van der Waals surface area contributed by atoms with Gasteiger partial charge in [0.05, 0.1) is 25.5 Å². The predicted octanol–water partition coefficient (Wildman–Crippen LogP) is 0.0684. The first kappa shape index (κ1) is 15.1. The first-order chi connectivity index (χ1) is 9.74. The lowest BCUT2D eigenvalue weighted by atomic mass is 10.2. The van der Waals surface area contributed by atoms with E-state index in [1.165, 1.54) is 0 Å². The number of benzene rings is 1. The van der Waals surface area contributed by atoms with Gasteiger partial charge in [-0.3, -0.25) is 4.90 Å². The maximum Gasteiger partial charge on any atom is 0.142 e. The Morgan fingerprint density at radius 3 is 2.60 bits per heavy atom. The van der Waals surface area contributed by atoms with Crippen LogP contribution in [0.25, 0.3) is 0 Å². The van der Waals surface area contributed by atoms with Gasteiger partial charge in [0.25, 0.3) is 0 Å². The maximum atomic E-state index is 9.69. The topological polar surface area (TPSA) is 71.2 Å². The van der Waals surface area contributed by atoms with E-state index in [0.717, 1.165) is 37.6 Å². The molecule has 1 fully saturated rings. The van der Waals surface area contributed by atoms with Crippen molar-refractivity contribution in [2.75, 3.05) is 51.3 Å². The van der Waals surface area contributed by atoms with Crippen molar-refractivity contribution in [3.63, 3.8) is 0 Å². The van der Waals surface area contributed by atoms with Crippen molar-refractivity contribution in [2.45, 2.75) is 6.10 Å². The summed E-state index contributed by atoms with van der Waals surface area (Å²) in [6.07, 6.45) is -0.530. The second-order valence-electron chi connectivity index (χ2n) is 4.95. The van der Waals surface area contributed by atoms with Crippen LogP contribution in [0.1, 0.15) is 0 Å². The minimum Gasteiger partial charge on any atom is -0.495 e. The van der Waals surface area contributed by atoms with E-state index < -0.39 is 6.10 Å². The summed E-state index contributed by atoms with van der Waals surface area (Å²) in [5, 5.41) is 9.69. The third-order valence-electron chi connectivity index (χ3n) is 3.56. The number of hydrogen-bond donors (Lipinski definition) is 2. The molecule has 1 heterocycles. The fourth-order valence-electron chi connectivity index (χ4n) is 2.52. The average Bonchev–Trinajstić information content (AvgIpc) is 2.48. The largest absolute Gasteiger partial charge is 0.495 e. The third kappa shape index (κ3) is 3.83. The lowest BCUT2D eigenvalue weighted by molar-refractivity contribution is 0.0154. The molecule has 1 aromatic rings. The summed E-state index contributed by atoms with van der Waals surface area (Å²) in [6, 6.07) is 8.05. The number of anilines is 1. The molecule has 0 aromatic heterocycles. The monoisotopic (exact) mass is 281 g/mol. The predicted molar refractivity (Wildman–Crippen MR) is 77.8 cm³/mol. The van der Waals surface area contributed by atoms with Gasteiger partial charge in [0.1, 0.15) is 5.75 Å². The molecule has 1 atom stereocenters. The lowest BCUT2D eigenvalue weighted by Crippen LogP contribution is -2.49. The lowest BCUT2D eigenvalue weighted by Gasteiger charge is -2.37. The van der Waals surface area contributed by atoms with E-state index in [-0.39, 0.29) is 6.61 Å². The van der Waals surface area contributed by atoms with Gasteiger partial charge < -0.3 is 19.6 Å². The highest BCUT2D eigenvalue weighted by molar-refractivity contribution is 5.58. The highest BCUT2D eigenvalue weighted by Crippen LogP contribution is 2.28. The smallest absolute Gasteiger partial charge is 0.142 e. The number of aliphatic hydroxyl groups excluding tert-OH is 1. The van der Waals surface area contributed by atoms with E-state index >= 15 is 0 Å². The second-order valence-corrected chi connectivity index (χ2v) is 4.95. The van der Waals surface area contributed by atoms with Crippen LogP contribution in [0.2, 0.25) is 0 Å². The van der Waals surface area contributed by atoms with Gasteiger partial charge in [-0.2, -0.15) is 0 Å². The summed E-state index contributed by atoms with van der Waals surface area (Å²) in [7, 11) is 1.69. The summed E-state index contributed by atoms with van der Waals surface area (Å²) in [5.41, 5.74) is 1.13. The Hall–Kier alpha value is -1.34. The Kier molecular flexibility index (Phi) is 5.60. The number of ether oxygens (including phenoxy) is 1. The van der Waals surface area contributed by atoms with E-state index in [2.05, 4.69) is 20.7 Å². The first-order valence-corrected chi connectivity index (χ1v) is 6.84. The van der Waals surface area contributed by atoms with E-state index in [0.29, 0.717) is 6.54 Å². The van der Waals surface area contributed by atoms with Crippen molar-refractivity contribution in [1.29, 1.82) is 0 Å². The van der Waals surface area contributed by atoms with Crippen LogP contribution in [-0.2, 0) is 4.84 Å². The van der Waals surface area contributed by atoms with Crippen molar-refractivity contribution in [1.82, 2.24) is 4.90 Å². The van der Waals surface area contributed by atoms with E-state index in [1.54, 1.807) is 7.11 Å². The number of nitrogens with zero attached hydrogens (tertiary/aromatic N) is 2. The highest BCUT2D eigenvalue weighted by atomic mass is 16.6. The number of rotatable bonds is 6. The van der Waals surface area contributed by atoms with Crippen LogP contribution in [0, 0.1) is 0 Å². The van der Waals surface area contributed by atoms with Gasteiger partial charge in [0, 0.05) is 32.7 Å². The molecule has 1 aliphatic heterocycles. The average molecular weight is 281 g/mol. The molecular formula is C14H23N3O3. The Bertz CT molecular complexity index is 408. The van der Waals surface area contributed by atoms with Crippen molar-refractivity contribution in [3.05, 3.63) is 24.3 Å². The van der Waals surface area contributed by atoms with E-state index in [1.807, 2.05) is 18.2 Å². The molecule has 1 unspecified atom stereocenters. The molecule has 112 valence electrons. The molecule has 3 N–H and O–H groups in total. The van der Waals surface area contributed by atoms with Crippen molar-refractivity contribution >= 4 is 5.69 Å². The number of aliphatic hydroxyl groups is 1. The van der Waals surface area contributed by atoms with Crippen molar-refractivity contribution < 1.29 is 14.7 Å². The summed E-state index contributed by atoms with van der Waals surface area (Å²) in [6.45, 7) is 4.40. The highest BCUT2D eigenvalue weighted by Gasteiger charge is 2.21. The van der Waals surface area contributed by atoms with Gasteiger partial charge in [-0.15, -0.1) is 0 Å². The van der Waals surface area contributed by atoms with Gasteiger partial charge >= 0.3 is 0 Å². The molecule has 0 bridgehead atoms. The number of hydrogen-bond acceptors (Lipinski definition) is 6. The van der Waals surface area contributed by atoms with Crippen molar-refractivity contribution in [3.8, 4) is 5.75 Å². The van der Waals surface area contributed by atoms with Crippen LogP contribution in [0.3, 0.4) is 0 Å². The summed E-state index contributed by atoms with van der Waals surface area (Å²) in [5.74, 6) is 5.86. The van der Waals surface area contributed by atoms with Crippen LogP contribution >= 0.6 is 0 Å². The number of β-amino-alcohol motifs (C(OH)–C–C–N with tert-alkyl or cyclic N) is 1. The fourth-order valence-corrected chi connectivity index (χ4v) is 2.52. The molecule has 6 nitrogen and oxygen atoms in total. The van der Waals surface area contributed by atoms with Gasteiger partial charge in [-0.25, -0.2) is 5.90 Å². The molecule has 6 heteroatoms. The zero-order valence-electron chi connectivity index (χ0n) is 11.9. The first-order valence-electron chi connectivity index (χ1n) is 6.84. The normalized spacial score (nSPS) is 18.1. The molecule has 1 aromatic carbocycles. The molecule has 0 amide bonds. The standard InChI is InChI=1S/C14H23N3O3/c1-19-14-5-3-2-4-13(14)17-8-6-16(7-9-17)10-12(18)11-20-15/h2-5,12,18H,6-11,15H2,1H3. The second kappa shape index (κ2) is 7.44. The molecule has 0 aliphatic carbocycles. The number of para-hydroxylation sites is 2. The van der Waals surface area contributed by atoms with Crippen LogP contribution < -0.4 is 15.5 Å². The minimum atomic E-state index is -0.530. The molecular weight excluding hydrogens is 258 g/mol. The molecule has 2 rings (SSSR count). The van der Waals surface area contributed by atoms with Gasteiger partial charge in [-0.1, -0.05) is 12.1 Å². The quantitative estimate of drug-likeness (QED) is 0.719. The fraction of sp³-hybridized carbons (Fsp3) is 0.571. The summed E-state index contributed by atoms with van der Waals surface area (Å²) < 4.78 is 5.40. The zero-order chi connectivity index (χ0) is 14.4. The Morgan fingerprint density at radius 1 is 1.25 bits per heavy atom. The van der Waals surface area contributed by atoms with Crippen LogP contribution in [0.4, 0.5) is 5.69 Å². The van der Waals surface area contributed by atoms with Crippen LogP contribution in [0.15, 0.2) is 24.3 Å². The molecule has 0 saturated carbocycles. The van der Waals surface area contributed by atoms with Crippen LogP contribution in [0.5, 0.6) is 5.75 Å². The SMILES string of the molecule is COc1ccccc1N1CCN(CC(O)CON)CC1. The number of nitrogens with two attached hydrogens (primary N) is 1. The third-order valence-corrected chi connectivity index (χ3v) is 3.56. The minimum absolute atomic E-state index is 0.173. The molecule has 20 heavy (non-hydrogen) atoms. The maximum absolute atomic E-state index is 9.69. The van der Waals surface area contributed by atoms with Gasteiger partial charge in [0.15, 0.2) is 0 Å². The zero-order valence-corrected chi connectivity index (χ0v) is 11.9. The Balaban J connectivity index is 1.88. The van der Waals surface area contributed by atoms with Gasteiger partial charge in [-0.05, 0) is 12.1 Å². The van der Waals surface area contributed by atoms with Crippen LogP contribution in [-0.4, -0.2) is 62.6 Å². The molecule has 0 spiro atoms. The van der Waals surface area contributed by atoms with Crippen molar-refractivity contribution in [2.24, 2.45) is 5.90 Å². The molecule has 0 radical (unpaired) electrons. The molecule has 1 saturated heterocycles. The Morgan fingerprint density at radius 2 is 1.95 bits per heavy atom. The number of piperazine rings is 1. The van der Waals surface area contributed by atoms with Gasteiger partial charge in [0.2, 0.25) is 0 Å². The summed E-state index contributed by atoms with van der Waals surface area (Å²) in [4.78, 5) is 8.99. The molecule has 1 aliphatic rings. The number of methoxy groups -OCH3 is 1. The van der Waals surface area contributed by atoms with E-state index in [9.17, 15) is 5.11 Å².